The molecular formula is C12H9FINO4S2. The molecule has 0 aliphatic carbocycles. The average Bonchev–Trinajstić information content (AvgIpc) is 2.38. The lowest BCUT2D eigenvalue weighted by Crippen LogP contribution is -2.14. The van der Waals surface area contributed by atoms with Gasteiger partial charge in [-0.2, -0.15) is 8.42 Å². The highest BCUT2D eigenvalue weighted by atomic mass is 127. The molecular weight excluding hydrogens is 432 g/mol. The van der Waals surface area contributed by atoms with Crippen molar-refractivity contribution in [3.8, 4) is 0 Å². The SMILES string of the molecule is O=S(=O)(F)c1ccccc1NS(=O)(=O)c1ccc(I)cc1. The molecule has 0 saturated heterocycles. The maximum absolute atomic E-state index is 13.1. The van der Waals surface area contributed by atoms with Crippen LogP contribution in [0.15, 0.2) is 58.3 Å². The summed E-state index contributed by atoms with van der Waals surface area (Å²) in [5.74, 6) is 0. The first kappa shape index (κ1) is 16.2. The molecule has 0 heterocycles. The highest BCUT2D eigenvalue weighted by Gasteiger charge is 2.21. The van der Waals surface area contributed by atoms with E-state index in [4.69, 9.17) is 0 Å². The standard InChI is InChI=1S/C12H9FINO4S2/c13-20(16,17)12-4-2-1-3-11(12)15-21(18,19)10-7-5-9(14)6-8-10/h1-8,15H. The summed E-state index contributed by atoms with van der Waals surface area (Å²) in [6, 6.07) is 10.8. The van der Waals surface area contributed by atoms with Gasteiger partial charge in [0.15, 0.2) is 0 Å². The van der Waals surface area contributed by atoms with Gasteiger partial charge in [0.25, 0.3) is 10.0 Å². The lowest BCUT2D eigenvalue weighted by Gasteiger charge is -2.10. The van der Waals surface area contributed by atoms with Crippen molar-refractivity contribution in [2.45, 2.75) is 9.79 Å². The fourth-order valence-electron chi connectivity index (χ4n) is 1.58. The molecule has 2 aromatic rings. The van der Waals surface area contributed by atoms with E-state index in [1.54, 1.807) is 12.1 Å². The normalized spacial score (nSPS) is 12.1. The van der Waals surface area contributed by atoms with Crippen molar-refractivity contribution in [2.75, 3.05) is 4.72 Å². The smallest absolute Gasteiger partial charge is 0.278 e. The molecule has 0 aliphatic heterocycles. The highest BCUT2D eigenvalue weighted by molar-refractivity contribution is 14.1. The fourth-order valence-corrected chi connectivity index (χ4v) is 3.71. The second-order valence-electron chi connectivity index (χ2n) is 3.99. The Kier molecular flexibility index (Phi) is 4.54. The minimum atomic E-state index is -5.02. The van der Waals surface area contributed by atoms with Crippen LogP contribution in [0.25, 0.3) is 0 Å². The van der Waals surface area contributed by atoms with Gasteiger partial charge in [-0.3, -0.25) is 4.72 Å². The first-order valence-corrected chi connectivity index (χ1v) is 9.47. The molecule has 9 heteroatoms. The summed E-state index contributed by atoms with van der Waals surface area (Å²) in [6.45, 7) is 0. The van der Waals surface area contributed by atoms with E-state index in [9.17, 15) is 20.7 Å². The zero-order valence-corrected chi connectivity index (χ0v) is 14.1. The molecule has 0 amide bonds. The number of benzene rings is 2. The highest BCUT2D eigenvalue weighted by Crippen LogP contribution is 2.25. The van der Waals surface area contributed by atoms with Crippen molar-refractivity contribution in [1.29, 1.82) is 0 Å². The molecule has 2 rings (SSSR count). The van der Waals surface area contributed by atoms with E-state index in [2.05, 4.69) is 4.72 Å². The quantitative estimate of drug-likeness (QED) is 0.585. The van der Waals surface area contributed by atoms with Crippen LogP contribution < -0.4 is 4.72 Å². The topological polar surface area (TPSA) is 80.3 Å². The van der Waals surface area contributed by atoms with Gasteiger partial charge < -0.3 is 0 Å². The Morgan fingerprint density at radius 1 is 0.905 bits per heavy atom. The Balaban J connectivity index is 2.45. The number of sulfonamides is 1. The number of rotatable bonds is 4. The second kappa shape index (κ2) is 5.89. The lowest BCUT2D eigenvalue weighted by molar-refractivity contribution is 0.552. The van der Waals surface area contributed by atoms with Crippen LogP contribution in [0.3, 0.4) is 0 Å². The third-order valence-corrected chi connectivity index (χ3v) is 5.50. The van der Waals surface area contributed by atoms with Crippen LogP contribution in [0.1, 0.15) is 0 Å². The number of halogens is 2. The Hall–Kier alpha value is -1.20. The predicted molar refractivity (Wildman–Crippen MR) is 84.7 cm³/mol. The number of hydrogen-bond acceptors (Lipinski definition) is 4. The van der Waals surface area contributed by atoms with Crippen LogP contribution in [0.2, 0.25) is 0 Å². The molecule has 112 valence electrons. The lowest BCUT2D eigenvalue weighted by atomic mass is 10.3. The van der Waals surface area contributed by atoms with Crippen molar-refractivity contribution in [3.63, 3.8) is 0 Å². The first-order valence-electron chi connectivity index (χ1n) is 5.52. The van der Waals surface area contributed by atoms with E-state index in [0.29, 0.717) is 0 Å². The Labute approximate surface area is 135 Å². The molecule has 0 saturated carbocycles. The van der Waals surface area contributed by atoms with E-state index in [1.807, 2.05) is 22.6 Å². The molecule has 21 heavy (non-hydrogen) atoms. The van der Waals surface area contributed by atoms with Crippen LogP contribution in [0.4, 0.5) is 9.57 Å². The number of hydrogen-bond donors (Lipinski definition) is 1. The molecule has 0 spiro atoms. The van der Waals surface area contributed by atoms with E-state index < -0.39 is 25.1 Å². The third-order valence-electron chi connectivity index (χ3n) is 2.52. The zero-order valence-electron chi connectivity index (χ0n) is 10.3. The molecule has 0 aromatic heterocycles. The molecule has 5 nitrogen and oxygen atoms in total. The van der Waals surface area contributed by atoms with E-state index in [1.165, 1.54) is 30.3 Å². The van der Waals surface area contributed by atoms with Crippen LogP contribution >= 0.6 is 22.6 Å². The number of anilines is 1. The van der Waals surface area contributed by atoms with Gasteiger partial charge in [0.2, 0.25) is 0 Å². The molecule has 2 aromatic carbocycles. The van der Waals surface area contributed by atoms with Crippen molar-refractivity contribution in [1.82, 2.24) is 0 Å². The molecule has 0 radical (unpaired) electrons. The van der Waals surface area contributed by atoms with Gasteiger partial charge in [-0.25, -0.2) is 8.42 Å². The van der Waals surface area contributed by atoms with E-state index >= 15 is 0 Å². The zero-order chi connectivity index (χ0) is 15.7. The summed E-state index contributed by atoms with van der Waals surface area (Å²) in [4.78, 5) is -0.770. The van der Waals surface area contributed by atoms with Crippen molar-refractivity contribution >= 4 is 48.5 Å². The van der Waals surface area contributed by atoms with Gasteiger partial charge in [-0.05, 0) is 59.0 Å². The van der Waals surface area contributed by atoms with Crippen LogP contribution in [-0.2, 0) is 20.2 Å². The number of para-hydroxylation sites is 1. The molecule has 0 fully saturated rings. The maximum atomic E-state index is 13.1. The number of nitrogens with one attached hydrogen (secondary N) is 1. The summed E-state index contributed by atoms with van der Waals surface area (Å²) in [5.41, 5.74) is -0.335. The summed E-state index contributed by atoms with van der Waals surface area (Å²) < 4.78 is 62.4. The molecule has 0 aliphatic rings. The molecule has 0 bridgehead atoms. The minimum absolute atomic E-state index is 0.0472. The summed E-state index contributed by atoms with van der Waals surface area (Å²) in [7, 11) is -9.02. The summed E-state index contributed by atoms with van der Waals surface area (Å²) in [6.07, 6.45) is 0. The maximum Gasteiger partial charge on any atom is 0.334 e. The monoisotopic (exact) mass is 441 g/mol. The Bertz CT molecular complexity index is 864. The van der Waals surface area contributed by atoms with Gasteiger partial charge in [0.05, 0.1) is 10.6 Å². The predicted octanol–water partition coefficient (Wildman–Crippen LogP) is 2.75. The summed E-state index contributed by atoms with van der Waals surface area (Å²) >= 11 is 2.02. The second-order valence-corrected chi connectivity index (χ2v) is 8.24. The minimum Gasteiger partial charge on any atom is -0.278 e. The van der Waals surface area contributed by atoms with E-state index in [0.717, 1.165) is 9.64 Å². The van der Waals surface area contributed by atoms with Gasteiger partial charge >= 0.3 is 10.2 Å². The third kappa shape index (κ3) is 3.92. The van der Waals surface area contributed by atoms with Crippen molar-refractivity contribution in [2.24, 2.45) is 0 Å². The fraction of sp³-hybridized carbons (Fsp3) is 0. The molecule has 0 atom stereocenters. The average molecular weight is 441 g/mol. The van der Waals surface area contributed by atoms with Gasteiger partial charge in [-0.15, -0.1) is 3.89 Å². The Morgan fingerprint density at radius 2 is 1.48 bits per heavy atom. The van der Waals surface area contributed by atoms with E-state index in [-0.39, 0.29) is 10.6 Å². The summed E-state index contributed by atoms with van der Waals surface area (Å²) in [5, 5.41) is 0. The van der Waals surface area contributed by atoms with Crippen LogP contribution in [0, 0.1) is 3.57 Å². The first-order chi connectivity index (χ1) is 9.70. The Morgan fingerprint density at radius 3 is 2.05 bits per heavy atom. The van der Waals surface area contributed by atoms with Crippen LogP contribution in [0.5, 0.6) is 0 Å². The molecule has 0 unspecified atom stereocenters. The van der Waals surface area contributed by atoms with Gasteiger partial charge in [0.1, 0.15) is 4.90 Å². The van der Waals surface area contributed by atoms with Crippen LogP contribution in [-0.4, -0.2) is 16.8 Å². The van der Waals surface area contributed by atoms with Crippen molar-refractivity contribution < 1.29 is 20.7 Å². The van der Waals surface area contributed by atoms with Gasteiger partial charge in [-0.1, -0.05) is 12.1 Å². The van der Waals surface area contributed by atoms with Crippen molar-refractivity contribution in [3.05, 3.63) is 52.1 Å². The largest absolute Gasteiger partial charge is 0.334 e. The van der Waals surface area contributed by atoms with Gasteiger partial charge in [0, 0.05) is 3.57 Å². The molecule has 1 N–H and O–H groups in total.